The molecular formula is C17H32N6O4. The third-order valence-electron chi connectivity index (χ3n) is 4.64. The number of hydrogen-bond donors (Lipinski definition) is 2. The van der Waals surface area contributed by atoms with Gasteiger partial charge in [-0.2, -0.15) is 0 Å². The number of carbonyl (C=O) groups is 2. The smallest absolute Gasteiger partial charge is 0.239 e. The number of aliphatic imine (C=N–C) groups is 1. The molecular weight excluding hydrogens is 352 g/mol. The normalized spacial score (nSPS) is 19.1. The highest BCUT2D eigenvalue weighted by Gasteiger charge is 2.24. The van der Waals surface area contributed by atoms with Gasteiger partial charge in [0.15, 0.2) is 5.96 Å². The summed E-state index contributed by atoms with van der Waals surface area (Å²) < 4.78 is 10.2. The zero-order valence-electron chi connectivity index (χ0n) is 16.4. The minimum atomic E-state index is -0.0945. The van der Waals surface area contributed by atoms with Crippen LogP contribution in [0.5, 0.6) is 0 Å². The molecule has 0 aromatic heterocycles. The van der Waals surface area contributed by atoms with Crippen LogP contribution in [0.25, 0.3) is 0 Å². The van der Waals surface area contributed by atoms with Gasteiger partial charge in [0.05, 0.1) is 32.9 Å². The Morgan fingerprint density at radius 3 is 2.37 bits per heavy atom. The first-order valence-electron chi connectivity index (χ1n) is 9.43. The van der Waals surface area contributed by atoms with Gasteiger partial charge in [-0.3, -0.25) is 19.5 Å². The van der Waals surface area contributed by atoms with Crippen LogP contribution < -0.4 is 10.6 Å². The molecule has 2 N–H and O–H groups in total. The summed E-state index contributed by atoms with van der Waals surface area (Å²) in [7, 11) is 3.31. The number of nitrogens with zero attached hydrogens (tertiary/aromatic N) is 4. The van der Waals surface area contributed by atoms with E-state index in [1.807, 2.05) is 4.90 Å². The fourth-order valence-corrected chi connectivity index (χ4v) is 3.07. The van der Waals surface area contributed by atoms with Crippen molar-refractivity contribution in [2.24, 2.45) is 4.99 Å². The fourth-order valence-electron chi connectivity index (χ4n) is 3.07. The van der Waals surface area contributed by atoms with Gasteiger partial charge in [-0.1, -0.05) is 0 Å². The first-order chi connectivity index (χ1) is 13.1. The predicted octanol–water partition coefficient (Wildman–Crippen LogP) is -2.20. The van der Waals surface area contributed by atoms with E-state index in [1.165, 1.54) is 0 Å². The van der Waals surface area contributed by atoms with Gasteiger partial charge in [-0.25, -0.2) is 0 Å². The average molecular weight is 384 g/mol. The molecule has 2 aliphatic rings. The number of amides is 2. The van der Waals surface area contributed by atoms with Crippen molar-refractivity contribution < 1.29 is 19.1 Å². The Morgan fingerprint density at radius 1 is 1.04 bits per heavy atom. The summed E-state index contributed by atoms with van der Waals surface area (Å²) in [4.78, 5) is 34.5. The molecule has 27 heavy (non-hydrogen) atoms. The summed E-state index contributed by atoms with van der Waals surface area (Å²) in [5, 5.41) is 5.86. The number of ether oxygens (including phenoxy) is 2. The van der Waals surface area contributed by atoms with Gasteiger partial charge in [-0.05, 0) is 0 Å². The van der Waals surface area contributed by atoms with Crippen LogP contribution in [0.4, 0.5) is 0 Å². The van der Waals surface area contributed by atoms with E-state index in [1.54, 1.807) is 14.2 Å². The van der Waals surface area contributed by atoms with E-state index in [-0.39, 0.29) is 18.4 Å². The molecule has 0 bridgehead atoms. The Morgan fingerprint density at radius 2 is 1.74 bits per heavy atom. The van der Waals surface area contributed by atoms with Crippen molar-refractivity contribution >= 4 is 17.8 Å². The topological polar surface area (TPSA) is 98.7 Å². The Bertz CT molecular complexity index is 502. The number of methoxy groups -OCH3 is 1. The van der Waals surface area contributed by atoms with Crippen molar-refractivity contribution in [2.45, 2.75) is 0 Å². The summed E-state index contributed by atoms with van der Waals surface area (Å²) in [5.41, 5.74) is 0. The lowest BCUT2D eigenvalue weighted by Gasteiger charge is -2.37. The number of nitrogens with one attached hydrogen (secondary N) is 2. The van der Waals surface area contributed by atoms with E-state index in [4.69, 9.17) is 9.47 Å². The highest BCUT2D eigenvalue weighted by atomic mass is 16.5. The lowest BCUT2D eigenvalue weighted by Crippen LogP contribution is -2.55. The SMILES string of the molecule is CN=C(NCC(=O)NCCOC)N1CCN(CC(=O)N2CCOCC2)CC1. The molecule has 2 rings (SSSR count). The quantitative estimate of drug-likeness (QED) is 0.292. The maximum Gasteiger partial charge on any atom is 0.239 e. The zero-order valence-corrected chi connectivity index (χ0v) is 16.4. The molecule has 2 heterocycles. The Balaban J connectivity index is 1.68. The molecule has 0 aromatic carbocycles. The molecule has 0 aromatic rings. The third-order valence-corrected chi connectivity index (χ3v) is 4.64. The van der Waals surface area contributed by atoms with Crippen LogP contribution in [0.1, 0.15) is 0 Å². The van der Waals surface area contributed by atoms with Gasteiger partial charge in [-0.15, -0.1) is 0 Å². The van der Waals surface area contributed by atoms with E-state index in [0.29, 0.717) is 52.0 Å². The average Bonchev–Trinajstić information content (AvgIpc) is 2.70. The van der Waals surface area contributed by atoms with E-state index in [9.17, 15) is 9.59 Å². The van der Waals surface area contributed by atoms with E-state index in [2.05, 4.69) is 25.4 Å². The lowest BCUT2D eigenvalue weighted by molar-refractivity contribution is -0.136. The Hall–Kier alpha value is -1.91. The second-order valence-corrected chi connectivity index (χ2v) is 6.50. The number of guanidine groups is 1. The predicted molar refractivity (Wildman–Crippen MR) is 102 cm³/mol. The van der Waals surface area contributed by atoms with Gasteiger partial charge in [0, 0.05) is 60.0 Å². The van der Waals surface area contributed by atoms with Crippen LogP contribution >= 0.6 is 0 Å². The van der Waals surface area contributed by atoms with Crippen molar-refractivity contribution in [1.82, 2.24) is 25.3 Å². The first kappa shape index (κ1) is 21.4. The number of morpholine rings is 1. The molecule has 2 saturated heterocycles. The van der Waals surface area contributed by atoms with Gasteiger partial charge in [0.25, 0.3) is 0 Å². The van der Waals surface area contributed by atoms with Gasteiger partial charge >= 0.3 is 0 Å². The number of piperazine rings is 1. The molecule has 0 spiro atoms. The molecule has 2 aliphatic heterocycles. The summed E-state index contributed by atoms with van der Waals surface area (Å²) in [6.45, 7) is 7.33. The van der Waals surface area contributed by atoms with Crippen LogP contribution in [0.15, 0.2) is 4.99 Å². The summed E-state index contributed by atoms with van der Waals surface area (Å²) in [5.74, 6) is 0.779. The Kier molecular flexibility index (Phi) is 9.29. The van der Waals surface area contributed by atoms with Crippen molar-refractivity contribution in [1.29, 1.82) is 0 Å². The van der Waals surface area contributed by atoms with Crippen LogP contribution in [-0.2, 0) is 19.1 Å². The molecule has 0 unspecified atom stereocenters. The maximum atomic E-state index is 12.3. The molecule has 0 atom stereocenters. The molecule has 2 amide bonds. The maximum absolute atomic E-state index is 12.3. The summed E-state index contributed by atoms with van der Waals surface area (Å²) in [6.07, 6.45) is 0. The minimum Gasteiger partial charge on any atom is -0.383 e. The number of rotatable bonds is 7. The lowest BCUT2D eigenvalue weighted by atomic mass is 10.3. The van der Waals surface area contributed by atoms with Crippen LogP contribution in [0, 0.1) is 0 Å². The standard InChI is InChI=1S/C17H32N6O4/c1-18-17(20-13-15(24)19-3-10-26-2)23-6-4-21(5-7-23)14-16(25)22-8-11-27-12-9-22/h3-14H2,1-2H3,(H,18,20)(H,19,24). The second kappa shape index (κ2) is 11.7. The molecule has 10 heteroatoms. The van der Waals surface area contributed by atoms with Crippen LogP contribution in [0.2, 0.25) is 0 Å². The monoisotopic (exact) mass is 384 g/mol. The highest BCUT2D eigenvalue weighted by molar-refractivity contribution is 5.86. The third kappa shape index (κ3) is 7.31. The fraction of sp³-hybridized carbons (Fsp3) is 0.824. The molecule has 2 fully saturated rings. The first-order valence-corrected chi connectivity index (χ1v) is 9.43. The number of carbonyl (C=O) groups excluding carboxylic acids is 2. The zero-order chi connectivity index (χ0) is 19.5. The van der Waals surface area contributed by atoms with Gasteiger partial charge < -0.3 is 29.9 Å². The summed E-state index contributed by atoms with van der Waals surface area (Å²) >= 11 is 0. The van der Waals surface area contributed by atoms with E-state index >= 15 is 0 Å². The molecule has 10 nitrogen and oxygen atoms in total. The molecule has 0 saturated carbocycles. The van der Waals surface area contributed by atoms with Gasteiger partial charge in [0.2, 0.25) is 11.8 Å². The largest absolute Gasteiger partial charge is 0.383 e. The number of hydrogen-bond acceptors (Lipinski definition) is 6. The van der Waals surface area contributed by atoms with E-state index in [0.717, 1.165) is 26.2 Å². The van der Waals surface area contributed by atoms with Crippen molar-refractivity contribution in [2.75, 3.05) is 92.9 Å². The second-order valence-electron chi connectivity index (χ2n) is 6.50. The minimum absolute atomic E-state index is 0.0945. The molecule has 0 radical (unpaired) electrons. The van der Waals surface area contributed by atoms with Crippen LogP contribution in [0.3, 0.4) is 0 Å². The van der Waals surface area contributed by atoms with Crippen molar-refractivity contribution in [3.8, 4) is 0 Å². The van der Waals surface area contributed by atoms with Crippen molar-refractivity contribution in [3.63, 3.8) is 0 Å². The van der Waals surface area contributed by atoms with Crippen LogP contribution in [-0.4, -0.2) is 125 Å². The van der Waals surface area contributed by atoms with Crippen molar-refractivity contribution in [3.05, 3.63) is 0 Å². The highest BCUT2D eigenvalue weighted by Crippen LogP contribution is 2.05. The molecule has 0 aliphatic carbocycles. The Labute approximate surface area is 160 Å². The summed E-state index contributed by atoms with van der Waals surface area (Å²) in [6, 6.07) is 0. The molecule has 154 valence electrons. The van der Waals surface area contributed by atoms with E-state index < -0.39 is 0 Å². The van der Waals surface area contributed by atoms with Gasteiger partial charge in [0.1, 0.15) is 0 Å².